The summed E-state index contributed by atoms with van der Waals surface area (Å²) >= 11 is 0. The summed E-state index contributed by atoms with van der Waals surface area (Å²) in [5, 5.41) is 12.6. The Morgan fingerprint density at radius 2 is 2.22 bits per heavy atom. The molecule has 18 heavy (non-hydrogen) atoms. The van der Waals surface area contributed by atoms with Crippen LogP contribution in [0.1, 0.15) is 39.5 Å². The van der Waals surface area contributed by atoms with Crippen LogP contribution in [0, 0.1) is 5.92 Å². The SMILES string of the molecule is CC(C)C[C@@H](C(=O)O)N1CC[C@@]2(CCCN2)C1=O. The lowest BCUT2D eigenvalue weighted by Crippen LogP contribution is -2.51. The van der Waals surface area contributed by atoms with E-state index in [9.17, 15) is 14.7 Å². The van der Waals surface area contributed by atoms with Gasteiger partial charge in [0.05, 0.1) is 5.54 Å². The lowest BCUT2D eigenvalue weighted by molar-refractivity contribution is -0.150. The van der Waals surface area contributed by atoms with Crippen LogP contribution in [0.2, 0.25) is 0 Å². The van der Waals surface area contributed by atoms with Gasteiger partial charge in [-0.05, 0) is 38.1 Å². The second-order valence-corrected chi connectivity index (χ2v) is 5.84. The van der Waals surface area contributed by atoms with Gasteiger partial charge in [0.25, 0.3) is 0 Å². The quantitative estimate of drug-likeness (QED) is 0.780. The molecule has 0 aromatic heterocycles. The van der Waals surface area contributed by atoms with E-state index in [2.05, 4.69) is 5.32 Å². The average Bonchev–Trinajstić information content (AvgIpc) is 2.87. The highest BCUT2D eigenvalue weighted by molar-refractivity contribution is 5.92. The standard InChI is InChI=1S/C13H22N2O3/c1-9(2)8-10(11(16)17)15-7-5-13(12(15)18)4-3-6-14-13/h9-10,14H,3-8H2,1-2H3,(H,16,17)/t10-,13-/m0/s1. The Labute approximate surface area is 108 Å². The van der Waals surface area contributed by atoms with Crippen LogP contribution < -0.4 is 5.32 Å². The third-order valence-corrected chi connectivity index (χ3v) is 4.05. The first-order chi connectivity index (χ1) is 8.46. The highest BCUT2D eigenvalue weighted by Crippen LogP contribution is 2.33. The zero-order valence-electron chi connectivity index (χ0n) is 11.1. The molecule has 1 amide bonds. The number of rotatable bonds is 4. The number of nitrogens with zero attached hydrogens (tertiary/aromatic N) is 1. The molecule has 102 valence electrons. The number of carbonyl (C=O) groups excluding carboxylic acids is 1. The van der Waals surface area contributed by atoms with Gasteiger partial charge in [-0.2, -0.15) is 0 Å². The number of nitrogens with one attached hydrogen (secondary N) is 1. The minimum atomic E-state index is -0.882. The first kappa shape index (κ1) is 13.3. The molecule has 2 rings (SSSR count). The van der Waals surface area contributed by atoms with Crippen molar-refractivity contribution in [3.8, 4) is 0 Å². The largest absolute Gasteiger partial charge is 0.480 e. The van der Waals surface area contributed by atoms with Crippen molar-refractivity contribution in [2.45, 2.75) is 51.1 Å². The van der Waals surface area contributed by atoms with E-state index < -0.39 is 17.6 Å². The zero-order valence-corrected chi connectivity index (χ0v) is 11.1. The van der Waals surface area contributed by atoms with Gasteiger partial charge in [-0.25, -0.2) is 4.79 Å². The maximum absolute atomic E-state index is 12.5. The predicted octanol–water partition coefficient (Wildman–Crippen LogP) is 0.840. The third-order valence-electron chi connectivity index (χ3n) is 4.05. The van der Waals surface area contributed by atoms with Crippen LogP contribution in [0.25, 0.3) is 0 Å². The summed E-state index contributed by atoms with van der Waals surface area (Å²) in [6.45, 7) is 5.40. The molecule has 0 unspecified atom stereocenters. The van der Waals surface area contributed by atoms with Crippen LogP contribution in [0.3, 0.4) is 0 Å². The smallest absolute Gasteiger partial charge is 0.326 e. The fourth-order valence-electron chi connectivity index (χ4n) is 3.10. The van der Waals surface area contributed by atoms with E-state index >= 15 is 0 Å². The maximum atomic E-state index is 12.5. The molecule has 0 aromatic rings. The first-order valence-electron chi connectivity index (χ1n) is 6.75. The summed E-state index contributed by atoms with van der Waals surface area (Å²) in [6.07, 6.45) is 3.11. The number of hydrogen-bond donors (Lipinski definition) is 2. The van der Waals surface area contributed by atoms with Crippen molar-refractivity contribution in [3.05, 3.63) is 0 Å². The van der Waals surface area contributed by atoms with Gasteiger partial charge in [0, 0.05) is 6.54 Å². The highest BCUT2D eigenvalue weighted by atomic mass is 16.4. The first-order valence-corrected chi connectivity index (χ1v) is 6.75. The number of likely N-dealkylation sites (tertiary alicyclic amines) is 1. The monoisotopic (exact) mass is 254 g/mol. The molecule has 5 heteroatoms. The van der Waals surface area contributed by atoms with Gasteiger partial charge in [0.15, 0.2) is 0 Å². The summed E-state index contributed by atoms with van der Waals surface area (Å²) in [4.78, 5) is 25.4. The van der Waals surface area contributed by atoms with E-state index in [-0.39, 0.29) is 11.8 Å². The van der Waals surface area contributed by atoms with E-state index in [0.29, 0.717) is 13.0 Å². The summed E-state index contributed by atoms with van der Waals surface area (Å²) in [7, 11) is 0. The molecule has 5 nitrogen and oxygen atoms in total. The Hall–Kier alpha value is -1.10. The Morgan fingerprint density at radius 3 is 2.72 bits per heavy atom. The van der Waals surface area contributed by atoms with Crippen molar-refractivity contribution < 1.29 is 14.7 Å². The van der Waals surface area contributed by atoms with Crippen molar-refractivity contribution in [2.75, 3.05) is 13.1 Å². The van der Waals surface area contributed by atoms with Crippen LogP contribution >= 0.6 is 0 Å². The molecule has 2 N–H and O–H groups in total. The maximum Gasteiger partial charge on any atom is 0.326 e. The number of aliphatic carboxylic acids is 1. The van der Waals surface area contributed by atoms with E-state index in [1.807, 2.05) is 13.8 Å². The minimum absolute atomic E-state index is 0.00644. The van der Waals surface area contributed by atoms with Gasteiger partial charge >= 0.3 is 5.97 Å². The number of carboxylic acid groups (broad SMARTS) is 1. The zero-order chi connectivity index (χ0) is 13.3. The van der Waals surface area contributed by atoms with Crippen molar-refractivity contribution in [1.29, 1.82) is 0 Å². The van der Waals surface area contributed by atoms with Crippen LogP contribution in [0.5, 0.6) is 0 Å². The van der Waals surface area contributed by atoms with Crippen molar-refractivity contribution >= 4 is 11.9 Å². The Kier molecular flexibility index (Phi) is 3.61. The molecule has 2 atom stereocenters. The summed E-state index contributed by atoms with van der Waals surface area (Å²) in [5.41, 5.74) is -0.454. The molecule has 0 bridgehead atoms. The van der Waals surface area contributed by atoms with Gasteiger partial charge < -0.3 is 15.3 Å². The van der Waals surface area contributed by atoms with Gasteiger partial charge in [0.2, 0.25) is 5.91 Å². The molecule has 0 saturated carbocycles. The Bertz CT molecular complexity index is 348. The molecule has 0 aliphatic carbocycles. The lowest BCUT2D eigenvalue weighted by Gasteiger charge is -2.28. The summed E-state index contributed by atoms with van der Waals surface area (Å²) < 4.78 is 0. The van der Waals surface area contributed by atoms with Crippen molar-refractivity contribution in [3.63, 3.8) is 0 Å². The van der Waals surface area contributed by atoms with E-state index in [0.717, 1.165) is 25.8 Å². The van der Waals surface area contributed by atoms with Crippen LogP contribution in [0.15, 0.2) is 0 Å². The van der Waals surface area contributed by atoms with E-state index in [1.165, 1.54) is 0 Å². The summed E-state index contributed by atoms with van der Waals surface area (Å²) in [6, 6.07) is -0.667. The normalized spacial score (nSPS) is 29.5. The topological polar surface area (TPSA) is 69.6 Å². The molecule has 1 spiro atoms. The van der Waals surface area contributed by atoms with E-state index in [1.54, 1.807) is 4.90 Å². The molecule has 0 aromatic carbocycles. The van der Waals surface area contributed by atoms with Crippen LogP contribution in [-0.4, -0.2) is 46.6 Å². The molecule has 2 heterocycles. The van der Waals surface area contributed by atoms with Gasteiger partial charge in [0.1, 0.15) is 6.04 Å². The number of carbonyl (C=O) groups is 2. The predicted molar refractivity (Wildman–Crippen MR) is 67.2 cm³/mol. The molecule has 2 aliphatic heterocycles. The van der Waals surface area contributed by atoms with E-state index in [4.69, 9.17) is 0 Å². The van der Waals surface area contributed by atoms with Crippen LogP contribution in [0.4, 0.5) is 0 Å². The molecule has 2 saturated heterocycles. The molecule has 2 aliphatic rings. The highest BCUT2D eigenvalue weighted by Gasteiger charge is 2.50. The Balaban J connectivity index is 2.13. The van der Waals surface area contributed by atoms with Crippen LogP contribution in [-0.2, 0) is 9.59 Å². The summed E-state index contributed by atoms with van der Waals surface area (Å²) in [5.74, 6) is -0.618. The molecular weight excluding hydrogens is 232 g/mol. The number of carboxylic acids is 1. The van der Waals surface area contributed by atoms with Gasteiger partial charge in [-0.15, -0.1) is 0 Å². The Morgan fingerprint density at radius 1 is 1.50 bits per heavy atom. The molecule has 0 radical (unpaired) electrons. The molecule has 2 fully saturated rings. The average molecular weight is 254 g/mol. The fraction of sp³-hybridized carbons (Fsp3) is 0.846. The second-order valence-electron chi connectivity index (χ2n) is 5.84. The lowest BCUT2D eigenvalue weighted by atomic mass is 9.95. The molecular formula is C13H22N2O3. The number of hydrogen-bond acceptors (Lipinski definition) is 3. The van der Waals surface area contributed by atoms with Crippen molar-refractivity contribution in [2.24, 2.45) is 5.92 Å². The number of amides is 1. The minimum Gasteiger partial charge on any atom is -0.480 e. The van der Waals surface area contributed by atoms with Gasteiger partial charge in [-0.1, -0.05) is 13.8 Å². The third kappa shape index (κ3) is 2.23. The van der Waals surface area contributed by atoms with Gasteiger partial charge in [-0.3, -0.25) is 4.79 Å². The second kappa shape index (κ2) is 4.88. The fourth-order valence-corrected chi connectivity index (χ4v) is 3.10. The van der Waals surface area contributed by atoms with Crippen molar-refractivity contribution in [1.82, 2.24) is 10.2 Å².